The van der Waals surface area contributed by atoms with Crippen LogP contribution < -0.4 is 5.73 Å². The molecule has 2 aromatic carbocycles. The fourth-order valence-electron chi connectivity index (χ4n) is 2.04. The van der Waals surface area contributed by atoms with Crippen molar-refractivity contribution in [2.75, 3.05) is 7.05 Å². The van der Waals surface area contributed by atoms with E-state index < -0.39 is 0 Å². The van der Waals surface area contributed by atoms with E-state index in [-0.39, 0.29) is 0 Å². The Morgan fingerprint density at radius 2 is 1.45 bits per heavy atom. The van der Waals surface area contributed by atoms with E-state index in [1.807, 2.05) is 12.1 Å². The maximum absolute atomic E-state index is 5.60. The molecule has 0 unspecified atom stereocenters. The lowest BCUT2D eigenvalue weighted by atomic mass is 10.1. The summed E-state index contributed by atoms with van der Waals surface area (Å²) in [6, 6.07) is 16.5. The van der Waals surface area contributed by atoms with Gasteiger partial charge in [-0.2, -0.15) is 0 Å². The van der Waals surface area contributed by atoms with Crippen LogP contribution in [0.25, 0.3) is 0 Å². The normalized spacial score (nSPS) is 10.8. The first-order valence-electron chi connectivity index (χ1n) is 6.36. The highest BCUT2D eigenvalue weighted by atomic mass is 79.9. The molecular formula is C16H17BrN2S. The van der Waals surface area contributed by atoms with E-state index in [1.165, 1.54) is 11.1 Å². The molecule has 2 N–H and O–H groups in total. The van der Waals surface area contributed by atoms with Crippen molar-refractivity contribution < 1.29 is 0 Å². The third-order valence-corrected chi connectivity index (χ3v) is 3.82. The van der Waals surface area contributed by atoms with Crippen LogP contribution in [0, 0.1) is 0 Å². The minimum absolute atomic E-state index is 0.444. The quantitative estimate of drug-likeness (QED) is 0.835. The fraction of sp³-hybridized carbons (Fsp3) is 0.188. The van der Waals surface area contributed by atoms with Gasteiger partial charge in [-0.05, 0) is 30.3 Å². The summed E-state index contributed by atoms with van der Waals surface area (Å²) in [4.78, 5) is 2.72. The number of benzene rings is 2. The Morgan fingerprint density at radius 3 is 1.90 bits per heavy atom. The van der Waals surface area contributed by atoms with Gasteiger partial charge in [-0.25, -0.2) is 0 Å². The van der Waals surface area contributed by atoms with Gasteiger partial charge >= 0.3 is 0 Å². The van der Waals surface area contributed by atoms with Gasteiger partial charge in [0, 0.05) is 23.1 Å². The van der Waals surface area contributed by atoms with Crippen molar-refractivity contribution >= 4 is 33.1 Å². The van der Waals surface area contributed by atoms with E-state index in [0.717, 1.165) is 23.1 Å². The van der Waals surface area contributed by atoms with Crippen LogP contribution in [0.2, 0.25) is 0 Å². The highest BCUT2D eigenvalue weighted by Gasteiger charge is 2.03. The number of halogens is 1. The van der Waals surface area contributed by atoms with Crippen molar-refractivity contribution in [1.82, 2.24) is 4.90 Å². The van der Waals surface area contributed by atoms with Crippen molar-refractivity contribution in [2.24, 2.45) is 5.73 Å². The molecule has 0 saturated carbocycles. The first-order valence-corrected chi connectivity index (χ1v) is 7.56. The van der Waals surface area contributed by atoms with Crippen LogP contribution in [0.4, 0.5) is 0 Å². The first-order chi connectivity index (χ1) is 9.54. The van der Waals surface area contributed by atoms with Crippen LogP contribution in [-0.2, 0) is 13.1 Å². The summed E-state index contributed by atoms with van der Waals surface area (Å²) < 4.78 is 1.11. The van der Waals surface area contributed by atoms with Gasteiger partial charge in [0.25, 0.3) is 0 Å². The van der Waals surface area contributed by atoms with E-state index in [0.29, 0.717) is 4.99 Å². The zero-order valence-electron chi connectivity index (χ0n) is 11.3. The Bertz CT molecular complexity index is 578. The van der Waals surface area contributed by atoms with E-state index in [9.17, 15) is 0 Å². The fourth-order valence-corrected chi connectivity index (χ4v) is 2.44. The molecule has 0 radical (unpaired) electrons. The maximum atomic E-state index is 5.60. The molecule has 104 valence electrons. The molecule has 0 heterocycles. The molecule has 2 rings (SSSR count). The monoisotopic (exact) mass is 348 g/mol. The van der Waals surface area contributed by atoms with Crippen LogP contribution in [0.15, 0.2) is 53.0 Å². The van der Waals surface area contributed by atoms with Crippen molar-refractivity contribution in [1.29, 1.82) is 0 Å². The van der Waals surface area contributed by atoms with E-state index in [2.05, 4.69) is 64.3 Å². The number of nitrogens with zero attached hydrogens (tertiary/aromatic N) is 1. The summed E-state index contributed by atoms with van der Waals surface area (Å²) in [7, 11) is 2.11. The molecule has 0 fully saturated rings. The van der Waals surface area contributed by atoms with Crippen molar-refractivity contribution in [3.8, 4) is 0 Å². The second-order valence-electron chi connectivity index (χ2n) is 4.86. The third kappa shape index (κ3) is 4.40. The molecule has 0 atom stereocenters. The lowest BCUT2D eigenvalue weighted by Crippen LogP contribution is -2.17. The van der Waals surface area contributed by atoms with Crippen molar-refractivity contribution in [3.05, 3.63) is 69.7 Å². The Labute approximate surface area is 133 Å². The minimum Gasteiger partial charge on any atom is -0.389 e. The highest BCUT2D eigenvalue weighted by molar-refractivity contribution is 9.10. The molecule has 0 aliphatic carbocycles. The zero-order valence-corrected chi connectivity index (χ0v) is 13.7. The van der Waals surface area contributed by atoms with E-state index in [1.54, 1.807) is 0 Å². The third-order valence-electron chi connectivity index (χ3n) is 3.06. The smallest absolute Gasteiger partial charge is 0.103 e. The molecule has 0 aliphatic heterocycles. The predicted octanol–water partition coefficient (Wildman–Crippen LogP) is 3.72. The molecule has 4 heteroatoms. The summed E-state index contributed by atoms with van der Waals surface area (Å²) >= 11 is 8.40. The summed E-state index contributed by atoms with van der Waals surface area (Å²) in [5.41, 5.74) is 9.07. The summed E-state index contributed by atoms with van der Waals surface area (Å²) in [5, 5.41) is 0. The van der Waals surface area contributed by atoms with Gasteiger partial charge in [-0.15, -0.1) is 0 Å². The molecule has 2 nitrogen and oxygen atoms in total. The lowest BCUT2D eigenvalue weighted by molar-refractivity contribution is 0.319. The van der Waals surface area contributed by atoms with E-state index in [4.69, 9.17) is 18.0 Å². The van der Waals surface area contributed by atoms with Crippen molar-refractivity contribution in [3.63, 3.8) is 0 Å². The van der Waals surface area contributed by atoms with Crippen LogP contribution in [0.5, 0.6) is 0 Å². The zero-order chi connectivity index (χ0) is 14.5. The summed E-state index contributed by atoms with van der Waals surface area (Å²) in [6.45, 7) is 1.82. The van der Waals surface area contributed by atoms with Crippen LogP contribution in [0.3, 0.4) is 0 Å². The number of hydrogen-bond donors (Lipinski definition) is 1. The Hall–Kier alpha value is -1.23. The molecule has 0 spiro atoms. The van der Waals surface area contributed by atoms with Gasteiger partial charge in [0.2, 0.25) is 0 Å². The predicted molar refractivity (Wildman–Crippen MR) is 91.6 cm³/mol. The van der Waals surface area contributed by atoms with Gasteiger partial charge in [0.15, 0.2) is 0 Å². The topological polar surface area (TPSA) is 29.3 Å². The Morgan fingerprint density at radius 1 is 1.00 bits per heavy atom. The molecule has 0 aromatic heterocycles. The number of hydrogen-bond acceptors (Lipinski definition) is 2. The molecule has 0 saturated heterocycles. The van der Waals surface area contributed by atoms with E-state index >= 15 is 0 Å². The number of nitrogens with two attached hydrogens (primary N) is 1. The second kappa shape index (κ2) is 6.97. The molecule has 0 bridgehead atoms. The van der Waals surface area contributed by atoms with Crippen LogP contribution in [0.1, 0.15) is 16.7 Å². The summed E-state index contributed by atoms with van der Waals surface area (Å²) in [5.74, 6) is 0. The van der Waals surface area contributed by atoms with Crippen LogP contribution in [-0.4, -0.2) is 16.9 Å². The Kier molecular flexibility index (Phi) is 5.29. The SMILES string of the molecule is CN(Cc1ccc(Br)cc1)Cc1ccc(C(N)=S)cc1. The average Bonchev–Trinajstić information content (AvgIpc) is 2.42. The number of thiocarbonyl (C=S) groups is 1. The number of rotatable bonds is 5. The lowest BCUT2D eigenvalue weighted by Gasteiger charge is -2.17. The van der Waals surface area contributed by atoms with Gasteiger partial charge in [0.05, 0.1) is 0 Å². The molecule has 20 heavy (non-hydrogen) atoms. The molecule has 0 amide bonds. The standard InChI is InChI=1S/C16H17BrN2S/c1-19(11-13-4-8-15(17)9-5-13)10-12-2-6-14(7-3-12)16(18)20/h2-9H,10-11H2,1H3,(H2,18,20). The van der Waals surface area contributed by atoms with Gasteiger partial charge < -0.3 is 5.73 Å². The Balaban J connectivity index is 1.95. The van der Waals surface area contributed by atoms with Crippen LogP contribution >= 0.6 is 28.1 Å². The molecule has 2 aromatic rings. The van der Waals surface area contributed by atoms with Crippen molar-refractivity contribution in [2.45, 2.75) is 13.1 Å². The largest absolute Gasteiger partial charge is 0.389 e. The van der Waals surface area contributed by atoms with Gasteiger partial charge in [-0.1, -0.05) is 64.5 Å². The highest BCUT2D eigenvalue weighted by Crippen LogP contribution is 2.13. The molecule has 0 aliphatic rings. The molecular weight excluding hydrogens is 332 g/mol. The maximum Gasteiger partial charge on any atom is 0.103 e. The minimum atomic E-state index is 0.444. The summed E-state index contributed by atoms with van der Waals surface area (Å²) in [6.07, 6.45) is 0. The van der Waals surface area contributed by atoms with Gasteiger partial charge in [0.1, 0.15) is 4.99 Å². The first kappa shape index (κ1) is 15.2. The van der Waals surface area contributed by atoms with Gasteiger partial charge in [-0.3, -0.25) is 4.90 Å². The average molecular weight is 349 g/mol. The second-order valence-corrected chi connectivity index (χ2v) is 6.22.